The van der Waals surface area contributed by atoms with Crippen LogP contribution in [0, 0.1) is 0 Å². The molecule has 23 heavy (non-hydrogen) atoms. The third-order valence-corrected chi connectivity index (χ3v) is 4.58. The number of likely N-dealkylation sites (tertiary alicyclic amines) is 1. The molecule has 0 radical (unpaired) electrons. The van der Waals surface area contributed by atoms with Crippen LogP contribution in [0.2, 0.25) is 0 Å². The molecule has 0 aromatic heterocycles. The summed E-state index contributed by atoms with van der Waals surface area (Å²) in [6.07, 6.45) is 3.48. The molecule has 0 bridgehead atoms. The third kappa shape index (κ3) is 7.00. The lowest BCUT2D eigenvalue weighted by Gasteiger charge is -2.35. The molecular formula is C19H33N3O. The van der Waals surface area contributed by atoms with Crippen molar-refractivity contribution in [1.82, 2.24) is 15.1 Å². The Morgan fingerprint density at radius 3 is 2.48 bits per heavy atom. The van der Waals surface area contributed by atoms with E-state index in [9.17, 15) is 5.11 Å². The maximum atomic E-state index is 10.4. The van der Waals surface area contributed by atoms with E-state index in [4.69, 9.17) is 0 Å². The number of aliphatic hydroxyl groups is 1. The fourth-order valence-electron chi connectivity index (χ4n) is 3.39. The highest BCUT2D eigenvalue weighted by Gasteiger charge is 2.24. The van der Waals surface area contributed by atoms with Crippen LogP contribution < -0.4 is 5.32 Å². The highest BCUT2D eigenvalue weighted by molar-refractivity contribution is 5.14. The first kappa shape index (κ1) is 18.4. The van der Waals surface area contributed by atoms with Gasteiger partial charge in [-0.15, -0.1) is 0 Å². The Hall–Kier alpha value is -0.940. The van der Waals surface area contributed by atoms with Crippen molar-refractivity contribution >= 4 is 0 Å². The van der Waals surface area contributed by atoms with Crippen molar-refractivity contribution in [3.05, 3.63) is 35.9 Å². The Morgan fingerprint density at radius 1 is 1.22 bits per heavy atom. The van der Waals surface area contributed by atoms with Crippen LogP contribution in [0.4, 0.5) is 0 Å². The average molecular weight is 319 g/mol. The van der Waals surface area contributed by atoms with Gasteiger partial charge in [0.05, 0.1) is 5.60 Å². The van der Waals surface area contributed by atoms with E-state index in [0.29, 0.717) is 19.1 Å². The van der Waals surface area contributed by atoms with Gasteiger partial charge < -0.3 is 20.2 Å². The van der Waals surface area contributed by atoms with Crippen molar-refractivity contribution in [2.45, 2.75) is 37.8 Å². The Balaban J connectivity index is 1.64. The summed E-state index contributed by atoms with van der Waals surface area (Å²) in [5.41, 5.74) is 0.765. The summed E-state index contributed by atoms with van der Waals surface area (Å²) >= 11 is 0. The summed E-state index contributed by atoms with van der Waals surface area (Å²) in [6, 6.07) is 11.3. The fraction of sp³-hybridized carbons (Fsp3) is 0.684. The van der Waals surface area contributed by atoms with E-state index in [1.807, 2.05) is 25.9 Å². The number of hydrogen-bond donors (Lipinski definition) is 2. The summed E-state index contributed by atoms with van der Waals surface area (Å²) < 4.78 is 0. The monoisotopic (exact) mass is 319 g/mol. The summed E-state index contributed by atoms with van der Waals surface area (Å²) in [5.74, 6) is 0. The quantitative estimate of drug-likeness (QED) is 0.763. The number of rotatable bonds is 8. The van der Waals surface area contributed by atoms with Crippen molar-refractivity contribution in [1.29, 1.82) is 0 Å². The number of benzene rings is 1. The van der Waals surface area contributed by atoms with Gasteiger partial charge in [0.15, 0.2) is 0 Å². The Kier molecular flexibility index (Phi) is 7.03. The minimum Gasteiger partial charge on any atom is -0.388 e. The first-order chi connectivity index (χ1) is 10.9. The van der Waals surface area contributed by atoms with Gasteiger partial charge in [-0.25, -0.2) is 0 Å². The normalized spacial score (nSPS) is 19.9. The SMILES string of the molecule is CN(C)CC(C)(O)CNC1CCN(CCc2ccccc2)CC1. The molecule has 0 aliphatic carbocycles. The van der Waals surface area contributed by atoms with Gasteiger partial charge in [0.25, 0.3) is 0 Å². The van der Waals surface area contributed by atoms with E-state index < -0.39 is 5.60 Å². The van der Waals surface area contributed by atoms with Crippen LogP contribution in [0.25, 0.3) is 0 Å². The lowest BCUT2D eigenvalue weighted by Crippen LogP contribution is -2.50. The van der Waals surface area contributed by atoms with Crippen molar-refractivity contribution in [2.75, 3.05) is 46.8 Å². The van der Waals surface area contributed by atoms with Gasteiger partial charge >= 0.3 is 0 Å². The van der Waals surface area contributed by atoms with Gasteiger partial charge in [0.1, 0.15) is 0 Å². The molecule has 4 nitrogen and oxygen atoms in total. The Morgan fingerprint density at radius 2 is 1.87 bits per heavy atom. The second-order valence-electron chi connectivity index (χ2n) is 7.47. The fourth-order valence-corrected chi connectivity index (χ4v) is 3.39. The van der Waals surface area contributed by atoms with Gasteiger partial charge in [-0.05, 0) is 58.9 Å². The Bertz CT molecular complexity index is 439. The molecule has 2 N–H and O–H groups in total. The van der Waals surface area contributed by atoms with Crippen LogP contribution in [-0.2, 0) is 6.42 Å². The highest BCUT2D eigenvalue weighted by Crippen LogP contribution is 2.13. The summed E-state index contributed by atoms with van der Waals surface area (Å²) in [7, 11) is 4.00. The van der Waals surface area contributed by atoms with Crippen LogP contribution in [0.3, 0.4) is 0 Å². The standard InChI is InChI=1S/C19H33N3O/c1-19(23,16-21(2)3)15-20-18-10-13-22(14-11-18)12-9-17-7-5-4-6-8-17/h4-8,18,20,23H,9-16H2,1-3H3. The number of nitrogens with one attached hydrogen (secondary N) is 1. The molecule has 0 saturated carbocycles. The molecule has 0 amide bonds. The summed E-state index contributed by atoms with van der Waals surface area (Å²) in [6.45, 7) is 6.72. The predicted molar refractivity (Wildman–Crippen MR) is 96.8 cm³/mol. The highest BCUT2D eigenvalue weighted by atomic mass is 16.3. The zero-order chi connectivity index (χ0) is 16.7. The molecule has 1 aromatic rings. The molecule has 1 atom stereocenters. The second kappa shape index (κ2) is 8.78. The van der Waals surface area contributed by atoms with Crippen LogP contribution in [0.1, 0.15) is 25.3 Å². The Labute approximate surface area is 141 Å². The number of likely N-dealkylation sites (N-methyl/N-ethyl adjacent to an activating group) is 1. The number of hydrogen-bond acceptors (Lipinski definition) is 4. The predicted octanol–water partition coefficient (Wildman–Crippen LogP) is 1.60. The van der Waals surface area contributed by atoms with Crippen LogP contribution in [0.15, 0.2) is 30.3 Å². The number of piperidine rings is 1. The van der Waals surface area contributed by atoms with Crippen LogP contribution in [0.5, 0.6) is 0 Å². The lowest BCUT2D eigenvalue weighted by molar-refractivity contribution is 0.0288. The van der Waals surface area contributed by atoms with Gasteiger partial charge in [0.2, 0.25) is 0 Å². The maximum absolute atomic E-state index is 10.4. The van der Waals surface area contributed by atoms with E-state index in [1.165, 1.54) is 18.4 Å². The average Bonchev–Trinajstić information content (AvgIpc) is 2.52. The van der Waals surface area contributed by atoms with E-state index >= 15 is 0 Å². The van der Waals surface area contributed by atoms with E-state index in [-0.39, 0.29) is 0 Å². The van der Waals surface area contributed by atoms with Crippen molar-refractivity contribution < 1.29 is 5.11 Å². The molecule has 1 saturated heterocycles. The van der Waals surface area contributed by atoms with Gasteiger partial charge in [-0.2, -0.15) is 0 Å². The first-order valence-corrected chi connectivity index (χ1v) is 8.81. The zero-order valence-electron chi connectivity index (χ0n) is 15.0. The summed E-state index contributed by atoms with van der Waals surface area (Å²) in [5, 5.41) is 13.9. The molecule has 1 aliphatic heterocycles. The minimum atomic E-state index is -0.659. The molecule has 1 heterocycles. The molecular weight excluding hydrogens is 286 g/mol. The zero-order valence-corrected chi connectivity index (χ0v) is 15.0. The third-order valence-electron chi connectivity index (χ3n) is 4.58. The molecule has 130 valence electrons. The van der Waals surface area contributed by atoms with E-state index in [1.54, 1.807) is 0 Å². The second-order valence-corrected chi connectivity index (χ2v) is 7.47. The molecule has 4 heteroatoms. The van der Waals surface area contributed by atoms with Crippen LogP contribution >= 0.6 is 0 Å². The molecule has 0 spiro atoms. The lowest BCUT2D eigenvalue weighted by atomic mass is 10.0. The smallest absolute Gasteiger partial charge is 0.0869 e. The molecule has 1 fully saturated rings. The van der Waals surface area contributed by atoms with Gasteiger partial charge in [-0.1, -0.05) is 30.3 Å². The van der Waals surface area contributed by atoms with Crippen molar-refractivity contribution in [2.24, 2.45) is 0 Å². The maximum Gasteiger partial charge on any atom is 0.0869 e. The molecule has 2 rings (SSSR count). The van der Waals surface area contributed by atoms with E-state index in [2.05, 4.69) is 40.5 Å². The van der Waals surface area contributed by atoms with Gasteiger partial charge in [0, 0.05) is 25.7 Å². The largest absolute Gasteiger partial charge is 0.388 e. The minimum absolute atomic E-state index is 0.539. The van der Waals surface area contributed by atoms with Crippen molar-refractivity contribution in [3.8, 4) is 0 Å². The van der Waals surface area contributed by atoms with E-state index in [0.717, 1.165) is 26.1 Å². The molecule has 1 aromatic carbocycles. The van der Waals surface area contributed by atoms with Crippen molar-refractivity contribution in [3.63, 3.8) is 0 Å². The number of nitrogens with zero attached hydrogens (tertiary/aromatic N) is 2. The molecule has 1 aliphatic rings. The topological polar surface area (TPSA) is 38.7 Å². The molecule has 1 unspecified atom stereocenters. The first-order valence-electron chi connectivity index (χ1n) is 8.81. The van der Waals surface area contributed by atoms with Gasteiger partial charge in [-0.3, -0.25) is 0 Å². The van der Waals surface area contributed by atoms with Crippen LogP contribution in [-0.4, -0.2) is 73.4 Å². The summed E-state index contributed by atoms with van der Waals surface area (Å²) in [4.78, 5) is 4.59.